The van der Waals surface area contributed by atoms with Crippen molar-refractivity contribution in [2.75, 3.05) is 11.9 Å². The molecule has 0 radical (unpaired) electrons. The van der Waals surface area contributed by atoms with Crippen molar-refractivity contribution in [3.05, 3.63) is 30.3 Å². The van der Waals surface area contributed by atoms with Gasteiger partial charge in [-0.2, -0.15) is 0 Å². The Hall–Kier alpha value is -1.35. The Morgan fingerprint density at radius 1 is 1.18 bits per heavy atom. The number of rotatable bonds is 4. The summed E-state index contributed by atoms with van der Waals surface area (Å²) >= 11 is 0. The van der Waals surface area contributed by atoms with Crippen LogP contribution in [0.1, 0.15) is 32.1 Å². The van der Waals surface area contributed by atoms with Crippen LogP contribution >= 0.6 is 0 Å². The van der Waals surface area contributed by atoms with Crippen LogP contribution in [0.3, 0.4) is 0 Å². The molecule has 17 heavy (non-hydrogen) atoms. The van der Waals surface area contributed by atoms with Gasteiger partial charge in [0, 0.05) is 5.69 Å². The lowest BCUT2D eigenvalue weighted by atomic mass is 9.98. The van der Waals surface area contributed by atoms with Gasteiger partial charge in [0.2, 0.25) is 5.91 Å². The fraction of sp³-hybridized carbons (Fsp3) is 0.500. The highest BCUT2D eigenvalue weighted by atomic mass is 16.5. The molecule has 2 rings (SSSR count). The van der Waals surface area contributed by atoms with Gasteiger partial charge in [-0.3, -0.25) is 4.79 Å². The Morgan fingerprint density at radius 3 is 2.59 bits per heavy atom. The van der Waals surface area contributed by atoms with E-state index in [1.807, 2.05) is 30.3 Å². The monoisotopic (exact) mass is 233 g/mol. The van der Waals surface area contributed by atoms with Crippen molar-refractivity contribution in [1.29, 1.82) is 0 Å². The molecule has 3 heteroatoms. The summed E-state index contributed by atoms with van der Waals surface area (Å²) < 4.78 is 5.60. The number of hydrogen-bond acceptors (Lipinski definition) is 2. The first-order valence-electron chi connectivity index (χ1n) is 6.31. The summed E-state index contributed by atoms with van der Waals surface area (Å²) in [6.07, 6.45) is 6.23. The molecule has 0 spiro atoms. The molecule has 1 saturated carbocycles. The smallest absolute Gasteiger partial charge is 0.250 e. The predicted molar refractivity (Wildman–Crippen MR) is 67.9 cm³/mol. The van der Waals surface area contributed by atoms with Gasteiger partial charge >= 0.3 is 0 Å². The maximum absolute atomic E-state index is 11.6. The lowest BCUT2D eigenvalue weighted by Crippen LogP contribution is -2.24. The van der Waals surface area contributed by atoms with Crippen molar-refractivity contribution < 1.29 is 9.53 Å². The van der Waals surface area contributed by atoms with E-state index in [2.05, 4.69) is 5.32 Å². The summed E-state index contributed by atoms with van der Waals surface area (Å²) in [5.74, 6) is -0.0678. The highest BCUT2D eigenvalue weighted by Gasteiger charge is 2.14. The zero-order valence-electron chi connectivity index (χ0n) is 10.0. The minimum atomic E-state index is -0.0678. The number of ether oxygens (including phenoxy) is 1. The highest BCUT2D eigenvalue weighted by Crippen LogP contribution is 2.20. The molecule has 1 aliphatic rings. The van der Waals surface area contributed by atoms with Crippen LogP contribution < -0.4 is 5.32 Å². The molecule has 0 aliphatic heterocycles. The first kappa shape index (κ1) is 12.1. The van der Waals surface area contributed by atoms with Gasteiger partial charge in [0.05, 0.1) is 6.10 Å². The number of carbonyl (C=O) groups is 1. The van der Waals surface area contributed by atoms with Crippen LogP contribution in [0.25, 0.3) is 0 Å². The second kappa shape index (κ2) is 6.40. The molecule has 1 aromatic rings. The Balaban J connectivity index is 1.70. The third kappa shape index (κ3) is 4.19. The van der Waals surface area contributed by atoms with Crippen LogP contribution in [0, 0.1) is 0 Å². The van der Waals surface area contributed by atoms with E-state index in [1.165, 1.54) is 19.3 Å². The molecule has 1 aliphatic carbocycles. The Morgan fingerprint density at radius 2 is 1.88 bits per heavy atom. The molecule has 3 nitrogen and oxygen atoms in total. The molecule has 1 amide bonds. The quantitative estimate of drug-likeness (QED) is 0.868. The van der Waals surface area contributed by atoms with Crippen molar-refractivity contribution in [3.63, 3.8) is 0 Å². The van der Waals surface area contributed by atoms with E-state index in [0.717, 1.165) is 18.5 Å². The lowest BCUT2D eigenvalue weighted by Gasteiger charge is -2.21. The zero-order valence-corrected chi connectivity index (χ0v) is 10.0. The molecule has 0 aromatic heterocycles. The fourth-order valence-corrected chi connectivity index (χ4v) is 2.14. The van der Waals surface area contributed by atoms with Gasteiger partial charge in [0.25, 0.3) is 0 Å². The number of nitrogens with one attached hydrogen (secondary N) is 1. The maximum Gasteiger partial charge on any atom is 0.250 e. The lowest BCUT2D eigenvalue weighted by molar-refractivity contribution is -0.123. The Labute approximate surface area is 102 Å². The van der Waals surface area contributed by atoms with E-state index in [0.29, 0.717) is 0 Å². The third-order valence-electron chi connectivity index (χ3n) is 3.06. The average Bonchev–Trinajstić information content (AvgIpc) is 2.39. The van der Waals surface area contributed by atoms with Gasteiger partial charge in [-0.25, -0.2) is 0 Å². The van der Waals surface area contributed by atoms with E-state index in [9.17, 15) is 4.79 Å². The minimum absolute atomic E-state index is 0.0678. The van der Waals surface area contributed by atoms with Crippen LogP contribution in [0.4, 0.5) is 5.69 Å². The van der Waals surface area contributed by atoms with Gasteiger partial charge in [0.1, 0.15) is 6.61 Å². The number of benzene rings is 1. The maximum atomic E-state index is 11.6. The van der Waals surface area contributed by atoms with Crippen molar-refractivity contribution in [2.24, 2.45) is 0 Å². The van der Waals surface area contributed by atoms with Gasteiger partial charge < -0.3 is 10.1 Å². The molecule has 0 saturated heterocycles. The Kier molecular flexibility index (Phi) is 4.56. The van der Waals surface area contributed by atoms with Crippen LogP contribution in [-0.4, -0.2) is 18.6 Å². The first-order valence-corrected chi connectivity index (χ1v) is 6.31. The van der Waals surface area contributed by atoms with E-state index in [-0.39, 0.29) is 18.6 Å². The second-order valence-electron chi connectivity index (χ2n) is 4.49. The fourth-order valence-electron chi connectivity index (χ4n) is 2.14. The summed E-state index contributed by atoms with van der Waals surface area (Å²) in [4.78, 5) is 11.6. The second-order valence-corrected chi connectivity index (χ2v) is 4.49. The third-order valence-corrected chi connectivity index (χ3v) is 3.06. The number of hydrogen-bond donors (Lipinski definition) is 1. The van der Waals surface area contributed by atoms with E-state index < -0.39 is 0 Å². The van der Waals surface area contributed by atoms with E-state index >= 15 is 0 Å². The number of para-hydroxylation sites is 1. The number of amides is 1. The van der Waals surface area contributed by atoms with Crippen molar-refractivity contribution in [3.8, 4) is 0 Å². The topological polar surface area (TPSA) is 38.3 Å². The summed E-state index contributed by atoms with van der Waals surface area (Å²) in [6.45, 7) is 0.166. The van der Waals surface area contributed by atoms with E-state index in [4.69, 9.17) is 4.74 Å². The largest absolute Gasteiger partial charge is 0.368 e. The number of anilines is 1. The molecule has 92 valence electrons. The van der Waals surface area contributed by atoms with Crippen LogP contribution in [-0.2, 0) is 9.53 Å². The standard InChI is InChI=1S/C14H19NO2/c16-14(15-12-7-3-1-4-8-12)11-17-13-9-5-2-6-10-13/h1,3-4,7-8,13H,2,5-6,9-11H2,(H,15,16). The van der Waals surface area contributed by atoms with Crippen LogP contribution in [0.15, 0.2) is 30.3 Å². The SMILES string of the molecule is O=C(COC1CCCCC1)Nc1ccccc1. The molecular weight excluding hydrogens is 214 g/mol. The average molecular weight is 233 g/mol. The van der Waals surface area contributed by atoms with Crippen molar-refractivity contribution in [1.82, 2.24) is 0 Å². The molecule has 0 atom stereocenters. The molecule has 1 fully saturated rings. The molecule has 0 bridgehead atoms. The van der Waals surface area contributed by atoms with E-state index in [1.54, 1.807) is 0 Å². The van der Waals surface area contributed by atoms with Gasteiger partial charge in [-0.1, -0.05) is 37.5 Å². The molecule has 1 N–H and O–H groups in total. The molecule has 0 unspecified atom stereocenters. The van der Waals surface area contributed by atoms with Crippen molar-refractivity contribution >= 4 is 11.6 Å². The molecule has 1 aromatic carbocycles. The highest BCUT2D eigenvalue weighted by molar-refractivity contribution is 5.91. The Bertz CT molecular complexity index is 344. The summed E-state index contributed by atoms with van der Waals surface area (Å²) in [5.41, 5.74) is 0.824. The summed E-state index contributed by atoms with van der Waals surface area (Å²) in [5, 5.41) is 2.82. The molecular formula is C14H19NO2. The van der Waals surface area contributed by atoms with Gasteiger partial charge in [0.15, 0.2) is 0 Å². The number of carbonyl (C=O) groups excluding carboxylic acids is 1. The van der Waals surface area contributed by atoms with Crippen LogP contribution in [0.5, 0.6) is 0 Å². The van der Waals surface area contributed by atoms with Gasteiger partial charge in [-0.15, -0.1) is 0 Å². The first-order chi connectivity index (χ1) is 8.34. The van der Waals surface area contributed by atoms with Crippen LogP contribution in [0.2, 0.25) is 0 Å². The summed E-state index contributed by atoms with van der Waals surface area (Å²) in [6, 6.07) is 9.47. The van der Waals surface area contributed by atoms with Crippen molar-refractivity contribution in [2.45, 2.75) is 38.2 Å². The normalized spacial score (nSPS) is 16.7. The molecule has 0 heterocycles. The minimum Gasteiger partial charge on any atom is -0.368 e. The zero-order chi connectivity index (χ0) is 11.9. The predicted octanol–water partition coefficient (Wildman–Crippen LogP) is 2.97. The van der Waals surface area contributed by atoms with Gasteiger partial charge in [-0.05, 0) is 25.0 Å². The summed E-state index contributed by atoms with van der Waals surface area (Å²) in [7, 11) is 0.